The Hall–Kier alpha value is -1.62. The van der Waals surface area contributed by atoms with Gasteiger partial charge < -0.3 is 14.7 Å². The molecule has 2 aromatic heterocycles. The fraction of sp³-hybridized carbons (Fsp3) is 0.455. The predicted molar refractivity (Wildman–Crippen MR) is 58.7 cm³/mol. The highest BCUT2D eigenvalue weighted by molar-refractivity contribution is 5.51. The van der Waals surface area contributed by atoms with Gasteiger partial charge >= 0.3 is 0 Å². The second kappa shape index (κ2) is 4.49. The first kappa shape index (κ1) is 10.9. The standard InChI is InChI=1S/C11H15N3O2/c1-3-9(12)7(2)11-13-10(14-16-11)8-4-5-15-6-8/h4-7,9H,3,12H2,1-2H3. The maximum atomic E-state index is 5.93. The molecule has 0 saturated carbocycles. The van der Waals surface area contributed by atoms with Crippen LogP contribution in [-0.4, -0.2) is 16.2 Å². The van der Waals surface area contributed by atoms with Crippen molar-refractivity contribution in [3.05, 3.63) is 24.5 Å². The fourth-order valence-corrected chi connectivity index (χ4v) is 1.47. The molecule has 0 aromatic carbocycles. The molecule has 2 atom stereocenters. The molecule has 0 aliphatic rings. The van der Waals surface area contributed by atoms with E-state index in [0.29, 0.717) is 11.7 Å². The molecule has 0 spiro atoms. The Labute approximate surface area is 93.6 Å². The van der Waals surface area contributed by atoms with Crippen molar-refractivity contribution in [2.45, 2.75) is 32.2 Å². The Morgan fingerprint density at radius 1 is 1.50 bits per heavy atom. The average Bonchev–Trinajstić information content (AvgIpc) is 2.96. The molecule has 0 bridgehead atoms. The number of furan rings is 1. The third-order valence-corrected chi connectivity index (χ3v) is 2.72. The Bertz CT molecular complexity index is 436. The van der Waals surface area contributed by atoms with Crippen LogP contribution in [0.3, 0.4) is 0 Å². The Morgan fingerprint density at radius 2 is 2.31 bits per heavy atom. The summed E-state index contributed by atoms with van der Waals surface area (Å²) in [6, 6.07) is 1.83. The van der Waals surface area contributed by atoms with E-state index in [4.69, 9.17) is 14.7 Å². The van der Waals surface area contributed by atoms with E-state index >= 15 is 0 Å². The van der Waals surface area contributed by atoms with E-state index in [1.54, 1.807) is 18.6 Å². The van der Waals surface area contributed by atoms with Crippen LogP contribution in [0.2, 0.25) is 0 Å². The Kier molecular flexibility index (Phi) is 3.05. The minimum atomic E-state index is 0.0395. The van der Waals surface area contributed by atoms with Crippen LogP contribution in [0, 0.1) is 0 Å². The summed E-state index contributed by atoms with van der Waals surface area (Å²) < 4.78 is 10.2. The van der Waals surface area contributed by atoms with Crippen LogP contribution in [0.25, 0.3) is 11.4 Å². The monoisotopic (exact) mass is 221 g/mol. The van der Waals surface area contributed by atoms with Crippen molar-refractivity contribution in [1.29, 1.82) is 0 Å². The number of hydrogen-bond donors (Lipinski definition) is 1. The van der Waals surface area contributed by atoms with E-state index in [-0.39, 0.29) is 12.0 Å². The van der Waals surface area contributed by atoms with Gasteiger partial charge in [-0.3, -0.25) is 0 Å². The van der Waals surface area contributed by atoms with Crippen LogP contribution in [0.4, 0.5) is 0 Å². The van der Waals surface area contributed by atoms with Gasteiger partial charge in [-0.05, 0) is 12.5 Å². The summed E-state index contributed by atoms with van der Waals surface area (Å²) in [5.41, 5.74) is 6.74. The lowest BCUT2D eigenvalue weighted by Crippen LogP contribution is -2.25. The second-order valence-electron chi connectivity index (χ2n) is 3.83. The maximum absolute atomic E-state index is 5.93. The van der Waals surface area contributed by atoms with E-state index in [0.717, 1.165) is 12.0 Å². The molecule has 0 amide bonds. The molecule has 2 unspecified atom stereocenters. The third kappa shape index (κ3) is 1.99. The smallest absolute Gasteiger partial charge is 0.231 e. The SMILES string of the molecule is CCC(N)C(C)c1nc(-c2ccoc2)no1. The zero-order valence-electron chi connectivity index (χ0n) is 9.38. The van der Waals surface area contributed by atoms with Gasteiger partial charge in [0, 0.05) is 6.04 Å². The predicted octanol–water partition coefficient (Wildman–Crippen LogP) is 2.17. The summed E-state index contributed by atoms with van der Waals surface area (Å²) >= 11 is 0. The normalized spacial score (nSPS) is 14.9. The highest BCUT2D eigenvalue weighted by atomic mass is 16.5. The first-order chi connectivity index (χ1) is 7.72. The van der Waals surface area contributed by atoms with Gasteiger partial charge in [0.1, 0.15) is 6.26 Å². The molecule has 2 rings (SSSR count). The summed E-state index contributed by atoms with van der Waals surface area (Å²) in [5.74, 6) is 1.18. The number of nitrogens with two attached hydrogens (primary N) is 1. The topological polar surface area (TPSA) is 78.1 Å². The van der Waals surface area contributed by atoms with E-state index in [2.05, 4.69) is 10.1 Å². The summed E-state index contributed by atoms with van der Waals surface area (Å²) in [6.45, 7) is 4.02. The molecule has 2 aromatic rings. The molecule has 86 valence electrons. The summed E-state index contributed by atoms with van der Waals surface area (Å²) in [4.78, 5) is 4.30. The van der Waals surface area contributed by atoms with Crippen molar-refractivity contribution in [1.82, 2.24) is 10.1 Å². The zero-order chi connectivity index (χ0) is 11.5. The number of hydrogen-bond acceptors (Lipinski definition) is 5. The van der Waals surface area contributed by atoms with E-state index in [1.165, 1.54) is 0 Å². The van der Waals surface area contributed by atoms with Gasteiger partial charge in [-0.15, -0.1) is 0 Å². The van der Waals surface area contributed by atoms with Crippen molar-refractivity contribution in [3.63, 3.8) is 0 Å². The molecular weight excluding hydrogens is 206 g/mol. The van der Waals surface area contributed by atoms with E-state index < -0.39 is 0 Å². The molecule has 0 aliphatic carbocycles. The average molecular weight is 221 g/mol. The van der Waals surface area contributed by atoms with Crippen molar-refractivity contribution in [2.24, 2.45) is 5.73 Å². The molecule has 5 nitrogen and oxygen atoms in total. The molecular formula is C11H15N3O2. The zero-order valence-corrected chi connectivity index (χ0v) is 9.38. The van der Waals surface area contributed by atoms with Crippen molar-refractivity contribution < 1.29 is 8.94 Å². The Balaban J connectivity index is 2.20. The summed E-state index contributed by atoms with van der Waals surface area (Å²) in [7, 11) is 0. The van der Waals surface area contributed by atoms with Crippen LogP contribution >= 0.6 is 0 Å². The fourth-order valence-electron chi connectivity index (χ4n) is 1.47. The van der Waals surface area contributed by atoms with Crippen molar-refractivity contribution in [3.8, 4) is 11.4 Å². The molecule has 0 fully saturated rings. The van der Waals surface area contributed by atoms with Crippen LogP contribution in [0.5, 0.6) is 0 Å². The molecule has 0 radical (unpaired) electrons. The lowest BCUT2D eigenvalue weighted by atomic mass is 10.0. The number of aromatic nitrogens is 2. The first-order valence-corrected chi connectivity index (χ1v) is 5.34. The Morgan fingerprint density at radius 3 is 2.94 bits per heavy atom. The largest absolute Gasteiger partial charge is 0.472 e. The maximum Gasteiger partial charge on any atom is 0.231 e. The lowest BCUT2D eigenvalue weighted by Gasteiger charge is -2.13. The lowest BCUT2D eigenvalue weighted by molar-refractivity contribution is 0.340. The van der Waals surface area contributed by atoms with Crippen LogP contribution in [0.15, 0.2) is 27.5 Å². The van der Waals surface area contributed by atoms with E-state index in [1.807, 2.05) is 13.8 Å². The highest BCUT2D eigenvalue weighted by Gasteiger charge is 2.20. The minimum absolute atomic E-state index is 0.0395. The van der Waals surface area contributed by atoms with Gasteiger partial charge in [-0.2, -0.15) is 4.98 Å². The van der Waals surface area contributed by atoms with Gasteiger partial charge in [-0.1, -0.05) is 19.0 Å². The van der Waals surface area contributed by atoms with Gasteiger partial charge in [-0.25, -0.2) is 0 Å². The molecule has 0 aliphatic heterocycles. The third-order valence-electron chi connectivity index (χ3n) is 2.72. The van der Waals surface area contributed by atoms with Gasteiger partial charge in [0.2, 0.25) is 11.7 Å². The minimum Gasteiger partial charge on any atom is -0.472 e. The van der Waals surface area contributed by atoms with Crippen LogP contribution in [-0.2, 0) is 0 Å². The molecule has 0 saturated heterocycles. The van der Waals surface area contributed by atoms with E-state index in [9.17, 15) is 0 Å². The highest BCUT2D eigenvalue weighted by Crippen LogP contribution is 2.22. The van der Waals surface area contributed by atoms with Crippen molar-refractivity contribution >= 4 is 0 Å². The number of rotatable bonds is 4. The summed E-state index contributed by atoms with van der Waals surface area (Å²) in [6.07, 6.45) is 4.04. The molecule has 2 heterocycles. The van der Waals surface area contributed by atoms with Crippen LogP contribution in [0.1, 0.15) is 32.1 Å². The quantitative estimate of drug-likeness (QED) is 0.856. The molecule has 2 N–H and O–H groups in total. The molecule has 5 heteroatoms. The van der Waals surface area contributed by atoms with Gasteiger partial charge in [0.15, 0.2) is 0 Å². The van der Waals surface area contributed by atoms with Crippen molar-refractivity contribution in [2.75, 3.05) is 0 Å². The van der Waals surface area contributed by atoms with Gasteiger partial charge in [0.25, 0.3) is 0 Å². The number of nitrogens with zero attached hydrogens (tertiary/aromatic N) is 2. The first-order valence-electron chi connectivity index (χ1n) is 5.34. The molecule has 16 heavy (non-hydrogen) atoms. The van der Waals surface area contributed by atoms with Crippen LogP contribution < -0.4 is 5.73 Å². The summed E-state index contributed by atoms with van der Waals surface area (Å²) in [5, 5.41) is 3.89. The second-order valence-corrected chi connectivity index (χ2v) is 3.83. The van der Waals surface area contributed by atoms with Gasteiger partial charge in [0.05, 0.1) is 17.7 Å².